The maximum absolute atomic E-state index is 14.3. The van der Waals surface area contributed by atoms with Gasteiger partial charge in [-0.05, 0) is 37.9 Å². The summed E-state index contributed by atoms with van der Waals surface area (Å²) in [4.78, 5) is 4.08. The number of fused-ring (bicyclic) bond motifs is 1. The number of hydrogen-bond donors (Lipinski definition) is 2. The van der Waals surface area contributed by atoms with Gasteiger partial charge in [0.05, 0.1) is 31.8 Å². The Labute approximate surface area is 179 Å². The van der Waals surface area contributed by atoms with E-state index in [1.165, 1.54) is 13.2 Å². The molecule has 1 fully saturated rings. The topological polar surface area (TPSA) is 91.1 Å². The first-order valence-electron chi connectivity index (χ1n) is 10.6. The van der Waals surface area contributed by atoms with Crippen LogP contribution in [0.3, 0.4) is 0 Å². The van der Waals surface area contributed by atoms with Gasteiger partial charge in [0.2, 0.25) is 5.88 Å². The van der Waals surface area contributed by atoms with E-state index in [4.69, 9.17) is 14.6 Å². The van der Waals surface area contributed by atoms with Gasteiger partial charge in [-0.25, -0.2) is 14.1 Å². The van der Waals surface area contributed by atoms with E-state index in [2.05, 4.69) is 20.7 Å². The average molecular weight is 427 g/mol. The van der Waals surface area contributed by atoms with Crippen LogP contribution >= 0.6 is 0 Å². The second kappa shape index (κ2) is 8.64. The molecule has 5 rings (SSSR count). The lowest BCUT2D eigenvalue weighted by atomic mass is 9.98. The third kappa shape index (κ3) is 4.00. The molecule has 0 unspecified atom stereocenters. The maximum Gasteiger partial charge on any atom is 0.250 e. The molecular weight excluding hydrogens is 401 g/mol. The van der Waals surface area contributed by atoms with Gasteiger partial charge in [0.15, 0.2) is 5.82 Å². The highest BCUT2D eigenvalue weighted by molar-refractivity contribution is 5.70. The minimum atomic E-state index is -0.518. The van der Waals surface area contributed by atoms with Gasteiger partial charge in [-0.2, -0.15) is 10.2 Å². The van der Waals surface area contributed by atoms with Gasteiger partial charge in [-0.1, -0.05) is 0 Å². The van der Waals surface area contributed by atoms with E-state index in [0.717, 1.165) is 49.5 Å². The Morgan fingerprint density at radius 1 is 1.29 bits per heavy atom. The third-order valence-corrected chi connectivity index (χ3v) is 5.86. The smallest absolute Gasteiger partial charge is 0.250 e. The molecule has 9 nitrogen and oxygen atoms in total. The summed E-state index contributed by atoms with van der Waals surface area (Å²) in [6.07, 6.45) is 8.39. The zero-order chi connectivity index (χ0) is 21.2. The number of anilines is 1. The highest BCUT2D eigenvalue weighted by atomic mass is 19.1. The summed E-state index contributed by atoms with van der Waals surface area (Å²) in [5.41, 5.74) is 3.09. The molecule has 10 heteroatoms. The van der Waals surface area contributed by atoms with Crippen LogP contribution in [0, 0.1) is 11.7 Å². The van der Waals surface area contributed by atoms with Crippen molar-refractivity contribution in [3.63, 3.8) is 0 Å². The molecule has 0 atom stereocenters. The van der Waals surface area contributed by atoms with Gasteiger partial charge < -0.3 is 20.1 Å². The van der Waals surface area contributed by atoms with Gasteiger partial charge in [-0.15, -0.1) is 0 Å². The third-order valence-electron chi connectivity index (χ3n) is 5.86. The first kappa shape index (κ1) is 20.0. The summed E-state index contributed by atoms with van der Waals surface area (Å²) < 4.78 is 28.7. The molecule has 3 aromatic heterocycles. The monoisotopic (exact) mass is 427 g/mol. The molecule has 31 heavy (non-hydrogen) atoms. The Morgan fingerprint density at radius 2 is 2.16 bits per heavy atom. The molecule has 0 amide bonds. The van der Waals surface area contributed by atoms with Crippen LogP contribution in [0.25, 0.3) is 16.9 Å². The summed E-state index contributed by atoms with van der Waals surface area (Å²) >= 11 is 0. The number of piperidine rings is 1. The number of methoxy groups -OCH3 is 1. The van der Waals surface area contributed by atoms with Crippen molar-refractivity contribution in [2.45, 2.75) is 25.8 Å². The van der Waals surface area contributed by atoms with Gasteiger partial charge in [0, 0.05) is 30.3 Å². The van der Waals surface area contributed by atoms with E-state index in [1.807, 2.05) is 21.8 Å². The molecule has 0 aliphatic carbocycles. The standard InChI is InChI=1S/C21H26FN7O2/c1-30-21-18(22)8-15(9-24-21)19-17-4-7-31-13-25-20(17)29(27-19)16-10-26-28(12-16)11-14-2-5-23-6-3-14/h8-10,12,14,23,25H,2-7,11,13H2,1H3. The molecule has 0 radical (unpaired) electrons. The number of pyridine rings is 1. The fourth-order valence-electron chi connectivity index (χ4n) is 4.25. The zero-order valence-electron chi connectivity index (χ0n) is 17.5. The molecule has 2 aliphatic rings. The number of halogens is 1. The van der Waals surface area contributed by atoms with E-state index in [0.29, 0.717) is 36.9 Å². The molecule has 0 aromatic carbocycles. The van der Waals surface area contributed by atoms with E-state index < -0.39 is 5.82 Å². The number of ether oxygens (including phenoxy) is 2. The van der Waals surface area contributed by atoms with Crippen molar-refractivity contribution in [2.75, 3.05) is 38.9 Å². The quantitative estimate of drug-likeness (QED) is 0.645. The van der Waals surface area contributed by atoms with Crippen molar-refractivity contribution < 1.29 is 13.9 Å². The highest BCUT2D eigenvalue weighted by Gasteiger charge is 2.24. The van der Waals surface area contributed by atoms with E-state index in [1.54, 1.807) is 6.20 Å². The molecule has 5 heterocycles. The van der Waals surface area contributed by atoms with Crippen LogP contribution in [0.4, 0.5) is 10.2 Å². The van der Waals surface area contributed by atoms with E-state index in [-0.39, 0.29) is 5.88 Å². The summed E-state index contributed by atoms with van der Waals surface area (Å²) in [5.74, 6) is 0.912. The fourth-order valence-corrected chi connectivity index (χ4v) is 4.25. The molecule has 0 spiro atoms. The Bertz CT molecular complexity index is 1060. The fraction of sp³-hybridized carbons (Fsp3) is 0.476. The molecular formula is C21H26FN7O2. The average Bonchev–Trinajstić information content (AvgIpc) is 3.31. The predicted molar refractivity (Wildman–Crippen MR) is 113 cm³/mol. The number of aromatic nitrogens is 5. The Hall–Kier alpha value is -2.98. The minimum absolute atomic E-state index is 0.0325. The molecule has 2 aliphatic heterocycles. The Morgan fingerprint density at radius 3 is 2.97 bits per heavy atom. The molecule has 3 aromatic rings. The summed E-state index contributed by atoms with van der Waals surface area (Å²) in [6.45, 7) is 3.95. The van der Waals surface area contributed by atoms with Crippen molar-refractivity contribution >= 4 is 5.82 Å². The van der Waals surface area contributed by atoms with Crippen LogP contribution in [0.5, 0.6) is 5.88 Å². The lowest BCUT2D eigenvalue weighted by molar-refractivity contribution is 0.159. The second-order valence-corrected chi connectivity index (χ2v) is 7.90. The van der Waals surface area contributed by atoms with Crippen LogP contribution in [-0.4, -0.2) is 58.1 Å². The van der Waals surface area contributed by atoms with Gasteiger partial charge in [0.1, 0.15) is 18.2 Å². The Kier molecular flexibility index (Phi) is 5.56. The number of nitrogens with one attached hydrogen (secondary N) is 2. The number of hydrogen-bond acceptors (Lipinski definition) is 7. The maximum atomic E-state index is 14.3. The zero-order valence-corrected chi connectivity index (χ0v) is 17.5. The van der Waals surface area contributed by atoms with Gasteiger partial charge >= 0.3 is 0 Å². The van der Waals surface area contributed by atoms with E-state index >= 15 is 0 Å². The van der Waals surface area contributed by atoms with Crippen LogP contribution < -0.4 is 15.4 Å². The van der Waals surface area contributed by atoms with Crippen LogP contribution in [0.2, 0.25) is 0 Å². The second-order valence-electron chi connectivity index (χ2n) is 7.90. The van der Waals surface area contributed by atoms with Crippen LogP contribution in [0.15, 0.2) is 24.7 Å². The number of nitrogens with zero attached hydrogens (tertiary/aromatic N) is 5. The molecule has 0 saturated carbocycles. The largest absolute Gasteiger partial charge is 0.479 e. The lowest BCUT2D eigenvalue weighted by Crippen LogP contribution is -2.29. The first-order valence-corrected chi connectivity index (χ1v) is 10.6. The molecule has 164 valence electrons. The van der Waals surface area contributed by atoms with Crippen molar-refractivity contribution in [2.24, 2.45) is 5.92 Å². The summed E-state index contributed by atoms with van der Waals surface area (Å²) in [7, 11) is 1.40. The Balaban J connectivity index is 1.50. The van der Waals surface area contributed by atoms with Crippen molar-refractivity contribution in [1.29, 1.82) is 0 Å². The molecule has 1 saturated heterocycles. The predicted octanol–water partition coefficient (Wildman–Crippen LogP) is 2.22. The van der Waals surface area contributed by atoms with Crippen LogP contribution in [-0.2, 0) is 17.7 Å². The normalized spacial score (nSPS) is 17.1. The number of rotatable bonds is 5. The molecule has 2 N–H and O–H groups in total. The van der Waals surface area contributed by atoms with E-state index in [9.17, 15) is 4.39 Å². The van der Waals surface area contributed by atoms with Gasteiger partial charge in [-0.3, -0.25) is 4.68 Å². The van der Waals surface area contributed by atoms with Crippen molar-refractivity contribution in [3.8, 4) is 22.8 Å². The lowest BCUT2D eigenvalue weighted by Gasteiger charge is -2.22. The summed E-state index contributed by atoms with van der Waals surface area (Å²) in [6, 6.07) is 1.41. The van der Waals surface area contributed by atoms with Crippen LogP contribution in [0.1, 0.15) is 18.4 Å². The summed E-state index contributed by atoms with van der Waals surface area (Å²) in [5, 5.41) is 16.1. The van der Waals surface area contributed by atoms with Crippen molar-refractivity contribution in [3.05, 3.63) is 36.0 Å². The SMILES string of the molecule is COc1ncc(-c2nn(-c3cnn(CC4CCNCC4)c3)c3c2CCOCN3)cc1F. The minimum Gasteiger partial charge on any atom is -0.479 e. The highest BCUT2D eigenvalue weighted by Crippen LogP contribution is 2.33. The molecule has 0 bridgehead atoms. The van der Waals surface area contributed by atoms with Crippen molar-refractivity contribution in [1.82, 2.24) is 29.9 Å². The van der Waals surface area contributed by atoms with Gasteiger partial charge in [0.25, 0.3) is 0 Å². The first-order chi connectivity index (χ1) is 15.2.